The number of rotatable bonds is 5. The number of amides is 1. The van der Waals surface area contributed by atoms with Crippen LogP contribution in [0.25, 0.3) is 0 Å². The zero-order chi connectivity index (χ0) is 12.9. The number of anilines is 1. The molecule has 0 fully saturated rings. The van der Waals surface area contributed by atoms with Gasteiger partial charge in [-0.1, -0.05) is 18.2 Å². The third-order valence-electron chi connectivity index (χ3n) is 2.86. The maximum atomic E-state index is 11.8. The SMILES string of the molecule is CN(CC(=O)Nc1ccccc1)C(C)(C)CO. The number of nitrogens with zero attached hydrogens (tertiary/aromatic N) is 1. The number of nitrogens with one attached hydrogen (secondary N) is 1. The molecular weight excluding hydrogens is 216 g/mol. The summed E-state index contributed by atoms with van der Waals surface area (Å²) in [6.45, 7) is 4.05. The fourth-order valence-corrected chi connectivity index (χ4v) is 1.27. The van der Waals surface area contributed by atoms with E-state index in [-0.39, 0.29) is 19.1 Å². The highest BCUT2D eigenvalue weighted by atomic mass is 16.3. The summed E-state index contributed by atoms with van der Waals surface area (Å²) < 4.78 is 0. The molecule has 1 amide bonds. The molecule has 0 aromatic heterocycles. The number of hydrogen-bond donors (Lipinski definition) is 2. The van der Waals surface area contributed by atoms with Crippen molar-refractivity contribution in [2.75, 3.05) is 25.5 Å². The molecule has 0 heterocycles. The van der Waals surface area contributed by atoms with Crippen LogP contribution in [-0.2, 0) is 4.79 Å². The van der Waals surface area contributed by atoms with Crippen molar-refractivity contribution in [1.82, 2.24) is 4.90 Å². The molecule has 1 rings (SSSR count). The maximum absolute atomic E-state index is 11.8. The van der Waals surface area contributed by atoms with Crippen molar-refractivity contribution in [3.63, 3.8) is 0 Å². The number of aliphatic hydroxyl groups is 1. The van der Waals surface area contributed by atoms with E-state index < -0.39 is 5.54 Å². The summed E-state index contributed by atoms with van der Waals surface area (Å²) in [6.07, 6.45) is 0. The molecule has 0 bridgehead atoms. The van der Waals surface area contributed by atoms with Crippen molar-refractivity contribution in [2.24, 2.45) is 0 Å². The van der Waals surface area contributed by atoms with Gasteiger partial charge in [-0.2, -0.15) is 0 Å². The molecule has 0 unspecified atom stereocenters. The number of benzene rings is 1. The average Bonchev–Trinajstić information content (AvgIpc) is 2.30. The zero-order valence-corrected chi connectivity index (χ0v) is 10.6. The van der Waals surface area contributed by atoms with Crippen LogP contribution in [0.4, 0.5) is 5.69 Å². The van der Waals surface area contributed by atoms with Crippen LogP contribution in [0.3, 0.4) is 0 Å². The van der Waals surface area contributed by atoms with Crippen LogP contribution in [0, 0.1) is 0 Å². The average molecular weight is 236 g/mol. The quantitative estimate of drug-likeness (QED) is 0.811. The zero-order valence-electron chi connectivity index (χ0n) is 10.6. The van der Waals surface area contributed by atoms with Crippen LogP contribution in [0.15, 0.2) is 30.3 Å². The Morgan fingerprint density at radius 1 is 1.35 bits per heavy atom. The Kier molecular flexibility index (Phi) is 4.66. The van der Waals surface area contributed by atoms with Crippen LogP contribution in [0.1, 0.15) is 13.8 Å². The van der Waals surface area contributed by atoms with Gasteiger partial charge in [0, 0.05) is 11.2 Å². The fraction of sp³-hybridized carbons (Fsp3) is 0.462. The highest BCUT2D eigenvalue weighted by Gasteiger charge is 2.24. The lowest BCUT2D eigenvalue weighted by atomic mass is 10.1. The van der Waals surface area contributed by atoms with Gasteiger partial charge in [0.15, 0.2) is 0 Å². The molecular formula is C13H20N2O2. The van der Waals surface area contributed by atoms with Crippen molar-refractivity contribution in [3.05, 3.63) is 30.3 Å². The van der Waals surface area contributed by atoms with Gasteiger partial charge < -0.3 is 10.4 Å². The lowest BCUT2D eigenvalue weighted by Crippen LogP contribution is -2.47. The van der Waals surface area contributed by atoms with Crippen LogP contribution in [0.5, 0.6) is 0 Å². The van der Waals surface area contributed by atoms with E-state index in [1.807, 2.05) is 56.1 Å². The molecule has 0 aliphatic carbocycles. The summed E-state index contributed by atoms with van der Waals surface area (Å²) in [5, 5.41) is 12.0. The molecule has 0 aliphatic rings. The number of carbonyl (C=O) groups excluding carboxylic acids is 1. The van der Waals surface area contributed by atoms with Gasteiger partial charge in [0.2, 0.25) is 5.91 Å². The summed E-state index contributed by atoms with van der Waals surface area (Å²) in [6, 6.07) is 9.33. The summed E-state index contributed by atoms with van der Waals surface area (Å²) in [4.78, 5) is 13.6. The Hall–Kier alpha value is -1.39. The van der Waals surface area contributed by atoms with E-state index in [0.717, 1.165) is 5.69 Å². The van der Waals surface area contributed by atoms with E-state index in [9.17, 15) is 9.90 Å². The molecule has 0 spiro atoms. The number of carbonyl (C=O) groups is 1. The third kappa shape index (κ3) is 4.17. The minimum absolute atomic E-state index is 0.0160. The van der Waals surface area contributed by atoms with Gasteiger partial charge in [-0.3, -0.25) is 9.69 Å². The van der Waals surface area contributed by atoms with E-state index in [1.165, 1.54) is 0 Å². The summed E-state index contributed by atoms with van der Waals surface area (Å²) in [5.74, 6) is -0.0831. The Bertz CT molecular complexity index is 363. The minimum Gasteiger partial charge on any atom is -0.394 e. The monoisotopic (exact) mass is 236 g/mol. The largest absolute Gasteiger partial charge is 0.394 e. The first-order valence-corrected chi connectivity index (χ1v) is 5.63. The predicted octanol–water partition coefficient (Wildman–Crippen LogP) is 1.33. The second kappa shape index (κ2) is 5.80. The Morgan fingerprint density at radius 3 is 2.47 bits per heavy atom. The smallest absolute Gasteiger partial charge is 0.238 e. The summed E-state index contributed by atoms with van der Waals surface area (Å²) in [5.41, 5.74) is 0.390. The van der Waals surface area contributed by atoms with Gasteiger partial charge in [0.05, 0.1) is 13.2 Å². The first kappa shape index (κ1) is 13.7. The van der Waals surface area contributed by atoms with Gasteiger partial charge in [-0.25, -0.2) is 0 Å². The van der Waals surface area contributed by atoms with Crippen molar-refractivity contribution in [3.8, 4) is 0 Å². The van der Waals surface area contributed by atoms with E-state index in [0.29, 0.717) is 0 Å². The highest BCUT2D eigenvalue weighted by Crippen LogP contribution is 2.11. The molecule has 1 aromatic carbocycles. The lowest BCUT2D eigenvalue weighted by molar-refractivity contribution is -0.118. The topological polar surface area (TPSA) is 52.6 Å². The van der Waals surface area contributed by atoms with Crippen molar-refractivity contribution >= 4 is 11.6 Å². The van der Waals surface area contributed by atoms with Crippen LogP contribution < -0.4 is 5.32 Å². The normalized spacial score (nSPS) is 11.6. The highest BCUT2D eigenvalue weighted by molar-refractivity contribution is 5.92. The number of likely N-dealkylation sites (N-methyl/N-ethyl adjacent to an activating group) is 1. The molecule has 0 saturated carbocycles. The lowest BCUT2D eigenvalue weighted by Gasteiger charge is -2.33. The van der Waals surface area contributed by atoms with Crippen LogP contribution >= 0.6 is 0 Å². The molecule has 0 radical (unpaired) electrons. The van der Waals surface area contributed by atoms with E-state index in [2.05, 4.69) is 5.32 Å². The number of hydrogen-bond acceptors (Lipinski definition) is 3. The second-order valence-electron chi connectivity index (χ2n) is 4.74. The molecule has 2 N–H and O–H groups in total. The Labute approximate surface area is 102 Å². The second-order valence-corrected chi connectivity index (χ2v) is 4.74. The summed E-state index contributed by atoms with van der Waals surface area (Å²) in [7, 11) is 1.82. The van der Waals surface area contributed by atoms with Crippen molar-refractivity contribution in [1.29, 1.82) is 0 Å². The molecule has 17 heavy (non-hydrogen) atoms. The standard InChI is InChI=1S/C13H20N2O2/c1-13(2,10-16)15(3)9-12(17)14-11-7-5-4-6-8-11/h4-8,16H,9-10H2,1-3H3,(H,14,17). The van der Waals surface area contributed by atoms with Gasteiger partial charge in [0.25, 0.3) is 0 Å². The Morgan fingerprint density at radius 2 is 1.94 bits per heavy atom. The summed E-state index contributed by atoms with van der Waals surface area (Å²) >= 11 is 0. The minimum atomic E-state index is -0.395. The first-order chi connectivity index (χ1) is 7.95. The van der Waals surface area contributed by atoms with Gasteiger partial charge in [-0.05, 0) is 33.0 Å². The third-order valence-corrected chi connectivity index (χ3v) is 2.86. The van der Waals surface area contributed by atoms with Gasteiger partial charge >= 0.3 is 0 Å². The molecule has 94 valence electrons. The van der Waals surface area contributed by atoms with Crippen molar-refractivity contribution in [2.45, 2.75) is 19.4 Å². The first-order valence-electron chi connectivity index (χ1n) is 5.63. The Balaban J connectivity index is 2.51. The van der Waals surface area contributed by atoms with E-state index in [1.54, 1.807) is 0 Å². The molecule has 4 heteroatoms. The van der Waals surface area contributed by atoms with E-state index in [4.69, 9.17) is 0 Å². The molecule has 1 aromatic rings. The fourth-order valence-electron chi connectivity index (χ4n) is 1.27. The number of aliphatic hydroxyl groups excluding tert-OH is 1. The molecule has 0 atom stereocenters. The number of para-hydroxylation sites is 1. The van der Waals surface area contributed by atoms with Gasteiger partial charge in [-0.15, -0.1) is 0 Å². The molecule has 0 aliphatic heterocycles. The molecule has 4 nitrogen and oxygen atoms in total. The van der Waals surface area contributed by atoms with Gasteiger partial charge in [0.1, 0.15) is 0 Å². The van der Waals surface area contributed by atoms with E-state index >= 15 is 0 Å². The van der Waals surface area contributed by atoms with Crippen LogP contribution in [0.2, 0.25) is 0 Å². The predicted molar refractivity (Wildman–Crippen MR) is 68.9 cm³/mol. The van der Waals surface area contributed by atoms with Crippen molar-refractivity contribution < 1.29 is 9.90 Å². The van der Waals surface area contributed by atoms with Crippen LogP contribution in [-0.4, -0.2) is 41.7 Å². The molecule has 0 saturated heterocycles. The maximum Gasteiger partial charge on any atom is 0.238 e.